The second-order valence-corrected chi connectivity index (χ2v) is 13.6. The van der Waals surface area contributed by atoms with E-state index in [1.165, 1.54) is 18.3 Å². The fourth-order valence-electron chi connectivity index (χ4n) is 6.34. The van der Waals surface area contributed by atoms with Gasteiger partial charge < -0.3 is 14.4 Å². The number of esters is 1. The van der Waals surface area contributed by atoms with Crippen molar-refractivity contribution in [1.82, 2.24) is 14.7 Å². The molecule has 43 heavy (non-hydrogen) atoms. The number of benzene rings is 1. The van der Waals surface area contributed by atoms with Gasteiger partial charge in [-0.25, -0.2) is 4.79 Å². The first-order chi connectivity index (χ1) is 20.4. The lowest BCUT2D eigenvalue weighted by Gasteiger charge is -2.44. The van der Waals surface area contributed by atoms with E-state index in [2.05, 4.69) is 10.2 Å². The highest BCUT2D eigenvalue weighted by atomic mass is 32.1. The van der Waals surface area contributed by atoms with Crippen molar-refractivity contribution in [1.29, 1.82) is 0 Å². The van der Waals surface area contributed by atoms with Gasteiger partial charge in [0, 0.05) is 42.7 Å². The third-order valence-electron chi connectivity index (χ3n) is 8.22. The first kappa shape index (κ1) is 30.9. The van der Waals surface area contributed by atoms with Crippen molar-refractivity contribution in [2.45, 2.75) is 77.5 Å². The second-order valence-electron chi connectivity index (χ2n) is 12.5. The number of carbonyl (C=O) groups excluding carboxylic acids is 4. The van der Waals surface area contributed by atoms with Gasteiger partial charge in [-0.15, -0.1) is 11.3 Å². The average molecular weight is 612 g/mol. The Kier molecular flexibility index (Phi) is 8.80. The molecule has 2 saturated heterocycles. The third-order valence-corrected chi connectivity index (χ3v) is 9.31. The van der Waals surface area contributed by atoms with Gasteiger partial charge in [0.1, 0.15) is 23.0 Å². The summed E-state index contributed by atoms with van der Waals surface area (Å²) < 4.78 is 11.4. The van der Waals surface area contributed by atoms with Crippen LogP contribution in [0.3, 0.4) is 0 Å². The van der Waals surface area contributed by atoms with Gasteiger partial charge in [0.15, 0.2) is 5.54 Å². The van der Waals surface area contributed by atoms with E-state index in [4.69, 9.17) is 14.5 Å². The predicted octanol–water partition coefficient (Wildman–Crippen LogP) is 4.51. The number of hydrogen-bond donors (Lipinski definition) is 1. The zero-order chi connectivity index (χ0) is 30.9. The molecule has 11 nitrogen and oxygen atoms in total. The lowest BCUT2D eigenvalue weighted by Crippen LogP contribution is -2.57. The number of amidine groups is 1. The Hall–Kier alpha value is -3.51. The van der Waals surface area contributed by atoms with Crippen LogP contribution in [0, 0.1) is 0 Å². The van der Waals surface area contributed by atoms with E-state index in [-0.39, 0.29) is 30.4 Å². The van der Waals surface area contributed by atoms with Gasteiger partial charge in [0.2, 0.25) is 0 Å². The van der Waals surface area contributed by atoms with Crippen LogP contribution in [0.15, 0.2) is 29.3 Å². The molecule has 12 heteroatoms. The van der Waals surface area contributed by atoms with Gasteiger partial charge in [-0.3, -0.25) is 34.5 Å². The largest absolute Gasteiger partial charge is 0.464 e. The number of hydrogen-bond acceptors (Lipinski definition) is 9. The van der Waals surface area contributed by atoms with Gasteiger partial charge in [0.05, 0.1) is 12.1 Å². The minimum absolute atomic E-state index is 0.0242. The summed E-state index contributed by atoms with van der Waals surface area (Å²) in [5, 5.41) is 4.13. The molecule has 232 valence electrons. The Labute approximate surface area is 256 Å². The SMILES string of the molecule is CC(=O)OCCN1C(=O)C2(CCCN(C3CCN(C(=O)c4c(NC(=O)OC(C)(C)C)sc5ccccc45)CC3)C2)N=C1C. The predicted molar refractivity (Wildman–Crippen MR) is 166 cm³/mol. The molecule has 4 heterocycles. The monoisotopic (exact) mass is 611 g/mol. The minimum Gasteiger partial charge on any atom is -0.464 e. The van der Waals surface area contributed by atoms with Gasteiger partial charge in [-0.2, -0.15) is 0 Å². The average Bonchev–Trinajstić information content (AvgIpc) is 3.41. The molecule has 3 aliphatic heterocycles. The molecule has 1 aromatic heterocycles. The van der Waals surface area contributed by atoms with Crippen LogP contribution in [-0.4, -0.2) is 101 Å². The Balaban J connectivity index is 1.24. The molecule has 3 amide bonds. The molecule has 1 N–H and O–H groups in total. The van der Waals surface area contributed by atoms with Crippen molar-refractivity contribution in [3.05, 3.63) is 29.8 Å². The minimum atomic E-state index is -0.802. The summed E-state index contributed by atoms with van der Waals surface area (Å²) in [5.74, 6) is 0.168. The number of ether oxygens (including phenoxy) is 2. The Morgan fingerprint density at radius 1 is 1.14 bits per heavy atom. The molecule has 1 unspecified atom stereocenters. The van der Waals surface area contributed by atoms with Crippen molar-refractivity contribution in [2.24, 2.45) is 4.99 Å². The van der Waals surface area contributed by atoms with Gasteiger partial charge in [-0.1, -0.05) is 18.2 Å². The first-order valence-corrected chi connectivity index (χ1v) is 15.8. The third kappa shape index (κ3) is 6.70. The van der Waals surface area contributed by atoms with Crippen LogP contribution >= 0.6 is 11.3 Å². The van der Waals surface area contributed by atoms with Crippen LogP contribution in [-0.2, 0) is 19.1 Å². The maximum atomic E-state index is 13.9. The normalized spacial score (nSPS) is 21.8. The number of piperidine rings is 2. The molecule has 0 radical (unpaired) electrons. The molecular weight excluding hydrogens is 570 g/mol. The van der Waals surface area contributed by atoms with Gasteiger partial charge in [-0.05, 0) is 66.0 Å². The van der Waals surface area contributed by atoms with Crippen LogP contribution in [0.25, 0.3) is 10.1 Å². The van der Waals surface area contributed by atoms with Crippen molar-refractivity contribution >= 4 is 56.1 Å². The number of nitrogens with zero attached hydrogens (tertiary/aromatic N) is 4. The molecule has 2 aromatic rings. The summed E-state index contributed by atoms with van der Waals surface area (Å²) in [4.78, 5) is 61.9. The van der Waals surface area contributed by atoms with E-state index >= 15 is 0 Å². The molecular formula is C31H41N5O6S. The molecule has 1 spiro atoms. The van der Waals surface area contributed by atoms with E-state index in [1.807, 2.05) is 36.1 Å². The highest BCUT2D eigenvalue weighted by Gasteiger charge is 2.50. The number of thiophene rings is 1. The van der Waals surface area contributed by atoms with Gasteiger partial charge in [0.25, 0.3) is 11.8 Å². The summed E-state index contributed by atoms with van der Waals surface area (Å²) in [6.07, 6.45) is 2.53. The fourth-order valence-corrected chi connectivity index (χ4v) is 7.42. The van der Waals surface area contributed by atoms with Crippen molar-refractivity contribution in [2.75, 3.05) is 44.6 Å². The maximum Gasteiger partial charge on any atom is 0.412 e. The summed E-state index contributed by atoms with van der Waals surface area (Å²) in [6, 6.07) is 7.91. The number of anilines is 1. The highest BCUT2D eigenvalue weighted by Crippen LogP contribution is 2.38. The summed E-state index contributed by atoms with van der Waals surface area (Å²) in [6.45, 7) is 11.6. The molecule has 5 rings (SSSR count). The fraction of sp³-hybridized carbons (Fsp3) is 0.581. The van der Waals surface area contributed by atoms with Crippen LogP contribution in [0.4, 0.5) is 9.80 Å². The molecule has 1 atom stereocenters. The van der Waals surface area contributed by atoms with E-state index in [9.17, 15) is 19.2 Å². The number of aliphatic imine (C=N–C) groups is 1. The van der Waals surface area contributed by atoms with Crippen LogP contribution < -0.4 is 5.32 Å². The van der Waals surface area contributed by atoms with E-state index in [1.54, 1.807) is 25.7 Å². The number of carbonyl (C=O) groups is 4. The maximum absolute atomic E-state index is 13.9. The zero-order valence-electron chi connectivity index (χ0n) is 25.6. The number of nitrogens with one attached hydrogen (secondary N) is 1. The number of rotatable bonds is 6. The van der Waals surface area contributed by atoms with Gasteiger partial charge >= 0.3 is 12.1 Å². The lowest BCUT2D eigenvalue weighted by atomic mass is 9.87. The molecule has 0 aliphatic carbocycles. The van der Waals surface area contributed by atoms with Crippen LogP contribution in [0.2, 0.25) is 0 Å². The summed E-state index contributed by atoms with van der Waals surface area (Å²) in [7, 11) is 0. The lowest BCUT2D eigenvalue weighted by molar-refractivity contribution is -0.143. The highest BCUT2D eigenvalue weighted by molar-refractivity contribution is 7.23. The Bertz CT molecular complexity index is 1440. The smallest absolute Gasteiger partial charge is 0.412 e. The van der Waals surface area contributed by atoms with E-state index in [0.29, 0.717) is 49.0 Å². The molecule has 0 saturated carbocycles. The molecule has 2 fully saturated rings. The topological polar surface area (TPSA) is 121 Å². The number of likely N-dealkylation sites (tertiary alicyclic amines) is 2. The number of amides is 3. The molecule has 3 aliphatic rings. The standard InChI is InChI=1S/C31H41N5O6S/c1-20-33-31(28(39)36(20)17-18-41-21(2)37)13-8-14-35(19-31)22-11-15-34(16-12-22)27(38)25-23-9-6-7-10-24(23)43-26(25)32-29(40)42-30(3,4)5/h6-7,9-10,22H,8,11-19H2,1-5H3,(H,32,40). The first-order valence-electron chi connectivity index (χ1n) is 14.9. The quantitative estimate of drug-likeness (QED) is 0.477. The molecule has 1 aromatic carbocycles. The van der Waals surface area contributed by atoms with E-state index in [0.717, 1.165) is 35.9 Å². The summed E-state index contributed by atoms with van der Waals surface area (Å²) in [5.41, 5.74) is -0.963. The van der Waals surface area contributed by atoms with E-state index < -0.39 is 17.2 Å². The Morgan fingerprint density at radius 2 is 1.86 bits per heavy atom. The number of fused-ring (bicyclic) bond motifs is 1. The van der Waals surface area contributed by atoms with Crippen LogP contribution in [0.5, 0.6) is 0 Å². The Morgan fingerprint density at radius 3 is 2.56 bits per heavy atom. The van der Waals surface area contributed by atoms with Crippen molar-refractivity contribution in [3.63, 3.8) is 0 Å². The van der Waals surface area contributed by atoms with Crippen molar-refractivity contribution in [3.8, 4) is 0 Å². The molecule has 0 bridgehead atoms. The summed E-state index contributed by atoms with van der Waals surface area (Å²) >= 11 is 1.37. The second kappa shape index (κ2) is 12.2. The van der Waals surface area contributed by atoms with Crippen molar-refractivity contribution < 1.29 is 28.7 Å². The zero-order valence-corrected chi connectivity index (χ0v) is 26.4. The van der Waals surface area contributed by atoms with Crippen LogP contribution in [0.1, 0.15) is 70.7 Å².